The first-order valence-corrected chi connectivity index (χ1v) is 4.17. The number of pyridine rings is 1. The number of nitrogens with zero attached hydrogens (tertiary/aromatic N) is 1. The molecule has 1 aromatic heterocycles. The van der Waals surface area contributed by atoms with Crippen molar-refractivity contribution in [3.8, 4) is 5.88 Å². The number of ether oxygens (including phenoxy) is 1. The minimum atomic E-state index is -4.22. The second-order valence-electron chi connectivity index (χ2n) is 2.50. The van der Waals surface area contributed by atoms with Gasteiger partial charge in [-0.1, -0.05) is 11.6 Å². The fourth-order valence-electron chi connectivity index (χ4n) is 0.741. The van der Waals surface area contributed by atoms with Gasteiger partial charge in [-0.05, 0) is 12.1 Å². The highest BCUT2D eigenvalue weighted by Gasteiger charge is 2.27. The highest BCUT2D eigenvalue weighted by molar-refractivity contribution is 6.31. The van der Waals surface area contributed by atoms with Crippen molar-refractivity contribution in [2.75, 3.05) is 6.61 Å². The van der Waals surface area contributed by atoms with Gasteiger partial charge in [-0.2, -0.15) is 13.2 Å². The molecule has 0 aliphatic rings. The van der Waals surface area contributed by atoms with E-state index in [2.05, 4.69) is 4.98 Å². The van der Waals surface area contributed by atoms with Crippen molar-refractivity contribution in [2.45, 2.75) is 12.6 Å². The van der Waals surface area contributed by atoms with Gasteiger partial charge in [-0.15, -0.1) is 0 Å². The Morgan fingerprint density at radius 2 is 2.14 bits per heavy atom. The molecule has 0 saturated heterocycles. The van der Waals surface area contributed by atoms with Gasteiger partial charge >= 0.3 is 6.18 Å². The number of aromatic nitrogens is 1. The number of hydrogen-bond acceptors (Lipinski definition) is 2. The molecule has 0 bridgehead atoms. The molecule has 0 aromatic carbocycles. The molecule has 14 heavy (non-hydrogen) atoms. The van der Waals surface area contributed by atoms with E-state index in [0.717, 1.165) is 0 Å². The van der Waals surface area contributed by atoms with Gasteiger partial charge in [-0.3, -0.25) is 0 Å². The van der Waals surface area contributed by atoms with Gasteiger partial charge in [0.15, 0.2) is 0 Å². The van der Waals surface area contributed by atoms with Crippen LogP contribution < -0.4 is 4.74 Å². The molecule has 0 unspecified atom stereocenters. The molecule has 0 saturated carbocycles. The summed E-state index contributed by atoms with van der Waals surface area (Å²) in [6, 6.07) is 3.07. The van der Waals surface area contributed by atoms with Crippen LogP contribution in [0.1, 0.15) is 6.42 Å². The second-order valence-corrected chi connectivity index (χ2v) is 2.91. The van der Waals surface area contributed by atoms with E-state index in [9.17, 15) is 13.2 Å². The molecule has 0 radical (unpaired) electrons. The summed E-state index contributed by atoms with van der Waals surface area (Å²) in [6.07, 6.45) is -3.84. The Kier molecular flexibility index (Phi) is 3.57. The van der Waals surface area contributed by atoms with Crippen LogP contribution in [0.5, 0.6) is 5.88 Å². The Morgan fingerprint density at radius 1 is 1.43 bits per heavy atom. The smallest absolute Gasteiger partial charge is 0.392 e. The van der Waals surface area contributed by atoms with Gasteiger partial charge < -0.3 is 4.74 Å². The van der Waals surface area contributed by atoms with Gasteiger partial charge in [0.25, 0.3) is 0 Å². The molecule has 0 atom stereocenters. The fraction of sp³-hybridized carbons (Fsp3) is 0.375. The lowest BCUT2D eigenvalue weighted by Gasteiger charge is -2.08. The van der Waals surface area contributed by atoms with Crippen molar-refractivity contribution in [1.82, 2.24) is 4.98 Å². The molecule has 0 fully saturated rings. The van der Waals surface area contributed by atoms with Crippen molar-refractivity contribution in [3.05, 3.63) is 23.4 Å². The molecule has 0 aliphatic carbocycles. The summed E-state index contributed by atoms with van der Waals surface area (Å²) in [5.41, 5.74) is 0. The van der Waals surface area contributed by atoms with E-state index < -0.39 is 19.2 Å². The zero-order valence-corrected chi connectivity index (χ0v) is 7.77. The summed E-state index contributed by atoms with van der Waals surface area (Å²) in [5.74, 6) is 0.0263. The Labute approximate surface area is 83.7 Å². The number of rotatable bonds is 3. The van der Waals surface area contributed by atoms with E-state index in [0.29, 0.717) is 0 Å². The van der Waals surface area contributed by atoms with Crippen LogP contribution in [0.4, 0.5) is 13.2 Å². The first-order valence-electron chi connectivity index (χ1n) is 3.79. The lowest BCUT2D eigenvalue weighted by molar-refractivity contribution is -0.139. The predicted molar refractivity (Wildman–Crippen MR) is 45.4 cm³/mol. The summed E-state index contributed by atoms with van der Waals surface area (Å²) in [7, 11) is 0. The van der Waals surface area contributed by atoms with E-state index in [-0.39, 0.29) is 10.9 Å². The minimum Gasteiger partial charge on any atom is -0.476 e. The predicted octanol–water partition coefficient (Wildman–Crippen LogP) is 3.07. The minimum absolute atomic E-state index is 0.0263. The van der Waals surface area contributed by atoms with Crippen LogP contribution in [0.25, 0.3) is 0 Å². The Hall–Kier alpha value is -0.970. The third kappa shape index (κ3) is 3.83. The summed E-state index contributed by atoms with van der Waals surface area (Å²) in [4.78, 5) is 3.68. The lowest BCUT2D eigenvalue weighted by atomic mass is 10.4. The van der Waals surface area contributed by atoms with Crippen LogP contribution in [0, 0.1) is 0 Å². The van der Waals surface area contributed by atoms with Crippen LogP contribution in [0.2, 0.25) is 5.02 Å². The van der Waals surface area contributed by atoms with Crippen LogP contribution in [0.15, 0.2) is 18.3 Å². The molecule has 1 heterocycles. The molecule has 78 valence electrons. The van der Waals surface area contributed by atoms with Gasteiger partial charge in [0.05, 0.1) is 13.0 Å². The molecular weight excluding hydrogens is 219 g/mol. The SMILES string of the molecule is FC(F)(F)CCOc1ncccc1Cl. The quantitative estimate of drug-likeness (QED) is 0.789. The summed E-state index contributed by atoms with van der Waals surface area (Å²) >= 11 is 5.61. The standard InChI is InChI=1S/C8H7ClF3NO/c9-6-2-1-4-13-7(6)14-5-3-8(10,11)12/h1-2,4H,3,5H2. The molecule has 1 aromatic rings. The van der Waals surface area contributed by atoms with Gasteiger partial charge in [0.2, 0.25) is 5.88 Å². The molecular formula is C8H7ClF3NO. The highest BCUT2D eigenvalue weighted by Crippen LogP contribution is 2.23. The van der Waals surface area contributed by atoms with Crippen LogP contribution in [-0.2, 0) is 0 Å². The first kappa shape index (κ1) is 11.1. The average Bonchev–Trinajstić information content (AvgIpc) is 2.06. The van der Waals surface area contributed by atoms with Crippen molar-refractivity contribution in [2.24, 2.45) is 0 Å². The van der Waals surface area contributed by atoms with Crippen molar-refractivity contribution in [1.29, 1.82) is 0 Å². The third-order valence-electron chi connectivity index (χ3n) is 1.35. The maximum Gasteiger partial charge on any atom is 0.392 e. The van der Waals surface area contributed by atoms with E-state index in [4.69, 9.17) is 16.3 Å². The number of hydrogen-bond donors (Lipinski definition) is 0. The van der Waals surface area contributed by atoms with Gasteiger partial charge in [0.1, 0.15) is 5.02 Å². The lowest BCUT2D eigenvalue weighted by Crippen LogP contribution is -2.13. The Balaban J connectivity index is 2.43. The molecule has 1 rings (SSSR count). The molecule has 0 N–H and O–H groups in total. The first-order chi connectivity index (χ1) is 6.49. The van der Waals surface area contributed by atoms with Gasteiger partial charge in [-0.25, -0.2) is 4.98 Å². The largest absolute Gasteiger partial charge is 0.476 e. The average molecular weight is 226 g/mol. The van der Waals surface area contributed by atoms with Crippen LogP contribution in [-0.4, -0.2) is 17.8 Å². The highest BCUT2D eigenvalue weighted by atomic mass is 35.5. The van der Waals surface area contributed by atoms with E-state index in [1.807, 2.05) is 0 Å². The van der Waals surface area contributed by atoms with E-state index >= 15 is 0 Å². The van der Waals surface area contributed by atoms with Crippen molar-refractivity contribution < 1.29 is 17.9 Å². The number of alkyl halides is 3. The Bertz CT molecular complexity index is 303. The van der Waals surface area contributed by atoms with Gasteiger partial charge in [0, 0.05) is 6.20 Å². The van der Waals surface area contributed by atoms with Crippen molar-refractivity contribution >= 4 is 11.6 Å². The van der Waals surface area contributed by atoms with E-state index in [1.165, 1.54) is 12.3 Å². The molecule has 2 nitrogen and oxygen atoms in total. The maximum absolute atomic E-state index is 11.7. The third-order valence-corrected chi connectivity index (χ3v) is 1.64. The molecule has 6 heteroatoms. The topological polar surface area (TPSA) is 22.1 Å². The fourth-order valence-corrected chi connectivity index (χ4v) is 0.917. The maximum atomic E-state index is 11.7. The summed E-state index contributed by atoms with van der Waals surface area (Å²) in [5, 5.41) is 0.203. The second kappa shape index (κ2) is 4.50. The Morgan fingerprint density at radius 3 is 2.71 bits per heavy atom. The monoisotopic (exact) mass is 225 g/mol. The molecule has 0 aliphatic heterocycles. The summed E-state index contributed by atoms with van der Waals surface area (Å²) < 4.78 is 39.9. The normalized spacial score (nSPS) is 11.4. The molecule has 0 spiro atoms. The van der Waals surface area contributed by atoms with Crippen molar-refractivity contribution in [3.63, 3.8) is 0 Å². The van der Waals surface area contributed by atoms with Crippen LogP contribution in [0.3, 0.4) is 0 Å². The zero-order chi connectivity index (χ0) is 10.6. The van der Waals surface area contributed by atoms with E-state index in [1.54, 1.807) is 6.07 Å². The summed E-state index contributed by atoms with van der Waals surface area (Å²) in [6.45, 7) is -0.472. The van der Waals surface area contributed by atoms with Crippen LogP contribution >= 0.6 is 11.6 Å². The number of halogens is 4. The molecule has 0 amide bonds. The zero-order valence-electron chi connectivity index (χ0n) is 7.01.